The summed E-state index contributed by atoms with van der Waals surface area (Å²) >= 11 is 0. The van der Waals surface area contributed by atoms with Gasteiger partial charge in [0.25, 0.3) is 5.91 Å². The normalized spacial score (nSPS) is 16.4. The second-order valence-electron chi connectivity index (χ2n) is 9.88. The molecule has 0 unspecified atom stereocenters. The molecule has 3 nitrogen and oxygen atoms in total. The summed E-state index contributed by atoms with van der Waals surface area (Å²) in [6, 6.07) is 20.2. The molecule has 1 aliphatic rings. The van der Waals surface area contributed by atoms with Crippen LogP contribution in [0.4, 0.5) is 26.3 Å². The maximum absolute atomic E-state index is 13.5. The van der Waals surface area contributed by atoms with Crippen LogP contribution in [0.2, 0.25) is 0 Å². The van der Waals surface area contributed by atoms with Crippen LogP contribution in [0.1, 0.15) is 45.5 Å². The summed E-state index contributed by atoms with van der Waals surface area (Å²) in [5.74, 6) is -0.823. The minimum atomic E-state index is -5.02. The Morgan fingerprint density at radius 2 is 1.30 bits per heavy atom. The molecule has 1 saturated heterocycles. The Balaban J connectivity index is 0.00000441. The number of hydrogen-bond acceptors (Lipinski definition) is 2. The second kappa shape index (κ2) is 13.5. The molecule has 10 heteroatoms. The first kappa shape index (κ1) is 31.5. The van der Waals surface area contributed by atoms with E-state index in [2.05, 4.69) is 17.0 Å². The molecule has 0 saturated carbocycles. The van der Waals surface area contributed by atoms with Gasteiger partial charge in [-0.15, -0.1) is 12.4 Å². The van der Waals surface area contributed by atoms with Crippen molar-refractivity contribution in [1.82, 2.24) is 9.80 Å². The highest BCUT2D eigenvalue weighted by Crippen LogP contribution is 2.37. The van der Waals surface area contributed by atoms with E-state index < -0.39 is 41.0 Å². The van der Waals surface area contributed by atoms with Gasteiger partial charge in [-0.05, 0) is 61.6 Å². The van der Waals surface area contributed by atoms with Crippen molar-refractivity contribution in [1.29, 1.82) is 0 Å². The molecule has 4 rings (SSSR count). The lowest BCUT2D eigenvalue weighted by molar-refractivity contribution is -0.143. The number of carbonyl (C=O) groups is 1. The lowest BCUT2D eigenvalue weighted by Gasteiger charge is -2.42. The van der Waals surface area contributed by atoms with E-state index in [0.717, 1.165) is 31.4 Å². The second-order valence-corrected chi connectivity index (χ2v) is 9.88. The van der Waals surface area contributed by atoms with Crippen LogP contribution in [0.3, 0.4) is 0 Å². The molecule has 0 radical (unpaired) electrons. The first-order chi connectivity index (χ1) is 18.5. The quantitative estimate of drug-likeness (QED) is 0.202. The van der Waals surface area contributed by atoms with Gasteiger partial charge in [-0.1, -0.05) is 60.7 Å². The van der Waals surface area contributed by atoms with Crippen LogP contribution in [0.15, 0.2) is 78.9 Å². The first-order valence-corrected chi connectivity index (χ1v) is 12.9. The van der Waals surface area contributed by atoms with Crippen LogP contribution in [-0.2, 0) is 25.2 Å². The monoisotopic (exact) mass is 584 g/mol. The van der Waals surface area contributed by atoms with Gasteiger partial charge in [-0.2, -0.15) is 26.3 Å². The molecule has 1 amide bonds. The summed E-state index contributed by atoms with van der Waals surface area (Å²) in [5, 5.41) is 0. The fourth-order valence-electron chi connectivity index (χ4n) is 5.00. The molecule has 1 atom stereocenters. The molecule has 3 aromatic rings. The highest BCUT2D eigenvalue weighted by atomic mass is 35.5. The number of unbranched alkanes of at least 4 members (excludes halogenated alkanes) is 1. The van der Waals surface area contributed by atoms with Crippen LogP contribution < -0.4 is 0 Å². The Hall–Kier alpha value is -3.04. The fourth-order valence-corrected chi connectivity index (χ4v) is 5.00. The number of rotatable bonds is 8. The van der Waals surface area contributed by atoms with E-state index in [4.69, 9.17) is 0 Å². The van der Waals surface area contributed by atoms with Gasteiger partial charge >= 0.3 is 12.4 Å². The van der Waals surface area contributed by atoms with Crippen LogP contribution in [-0.4, -0.2) is 47.9 Å². The number of halogens is 7. The zero-order valence-electron chi connectivity index (χ0n) is 21.7. The topological polar surface area (TPSA) is 23.6 Å². The lowest BCUT2D eigenvalue weighted by Crippen LogP contribution is -2.56. The first-order valence-electron chi connectivity index (χ1n) is 12.9. The Morgan fingerprint density at radius 1 is 0.750 bits per heavy atom. The van der Waals surface area contributed by atoms with E-state index in [-0.39, 0.29) is 25.0 Å². The maximum atomic E-state index is 13.5. The standard InChI is InChI=1S/C30H30F6N2O.ClH/c31-29(32,33)25-18-24(19-26(20-25)30(34,35)36)28(39)38-16-15-37(14-8-7-11-22-9-3-1-4-10-22)21-27(38)17-23-12-5-2-6-13-23;/h1-6,9-10,12-13,18-20,27H,7-8,11,14-17,21H2;1H/t27-;/m1./s1. The maximum Gasteiger partial charge on any atom is 0.416 e. The molecule has 3 aromatic carbocycles. The molecule has 0 spiro atoms. The van der Waals surface area contributed by atoms with E-state index in [9.17, 15) is 31.1 Å². The van der Waals surface area contributed by atoms with E-state index >= 15 is 0 Å². The predicted octanol–water partition coefficient (Wildman–Crippen LogP) is 7.54. The Labute approximate surface area is 236 Å². The van der Waals surface area contributed by atoms with Crippen molar-refractivity contribution >= 4 is 18.3 Å². The highest BCUT2D eigenvalue weighted by molar-refractivity contribution is 5.95. The number of aryl methyl sites for hydroxylation is 1. The zero-order chi connectivity index (χ0) is 28.0. The van der Waals surface area contributed by atoms with Crippen LogP contribution >= 0.6 is 12.4 Å². The molecule has 0 bridgehead atoms. The zero-order valence-corrected chi connectivity index (χ0v) is 22.5. The largest absolute Gasteiger partial charge is 0.416 e. The number of benzene rings is 3. The van der Waals surface area contributed by atoms with Crippen molar-refractivity contribution in [2.75, 3.05) is 26.2 Å². The van der Waals surface area contributed by atoms with E-state index in [1.165, 1.54) is 10.5 Å². The number of carbonyl (C=O) groups excluding carboxylic acids is 1. The number of amides is 1. The average molecular weight is 585 g/mol. The van der Waals surface area contributed by atoms with Gasteiger partial charge in [0.05, 0.1) is 11.1 Å². The van der Waals surface area contributed by atoms with Gasteiger partial charge in [0.2, 0.25) is 0 Å². The molecule has 1 heterocycles. The predicted molar refractivity (Wildman–Crippen MR) is 144 cm³/mol. The summed E-state index contributed by atoms with van der Waals surface area (Å²) < 4.78 is 80.5. The molecular formula is C30H31ClF6N2O. The van der Waals surface area contributed by atoms with Gasteiger partial charge in [0.1, 0.15) is 0 Å². The molecular weight excluding hydrogens is 554 g/mol. The SMILES string of the molecule is Cl.O=C(c1cc(C(F)(F)F)cc(C(F)(F)F)c1)N1CCN(CCCCc2ccccc2)C[C@H]1Cc1ccccc1. The lowest BCUT2D eigenvalue weighted by atomic mass is 9.99. The van der Waals surface area contributed by atoms with Crippen molar-refractivity contribution < 1.29 is 31.1 Å². The van der Waals surface area contributed by atoms with Crippen molar-refractivity contribution in [3.8, 4) is 0 Å². The van der Waals surface area contributed by atoms with Crippen molar-refractivity contribution in [2.24, 2.45) is 0 Å². The Bertz CT molecular complexity index is 1200. The number of piperazine rings is 1. The molecule has 1 fully saturated rings. The summed E-state index contributed by atoms with van der Waals surface area (Å²) in [6.45, 7) is 1.99. The van der Waals surface area contributed by atoms with E-state index in [1.807, 2.05) is 48.5 Å². The van der Waals surface area contributed by atoms with Crippen molar-refractivity contribution in [3.05, 3.63) is 107 Å². The summed E-state index contributed by atoms with van der Waals surface area (Å²) in [4.78, 5) is 17.1. The third-order valence-corrected chi connectivity index (χ3v) is 7.01. The number of nitrogens with zero attached hydrogens (tertiary/aromatic N) is 2. The van der Waals surface area contributed by atoms with Gasteiger partial charge in [-0.25, -0.2) is 0 Å². The minimum absolute atomic E-state index is 0. The van der Waals surface area contributed by atoms with Crippen molar-refractivity contribution in [3.63, 3.8) is 0 Å². The molecule has 216 valence electrons. The third-order valence-electron chi connectivity index (χ3n) is 7.01. The highest BCUT2D eigenvalue weighted by Gasteiger charge is 2.39. The molecule has 0 aromatic heterocycles. The molecule has 1 aliphatic heterocycles. The smallest absolute Gasteiger partial charge is 0.333 e. The van der Waals surface area contributed by atoms with E-state index in [0.29, 0.717) is 31.6 Å². The van der Waals surface area contributed by atoms with Crippen LogP contribution in [0.5, 0.6) is 0 Å². The van der Waals surface area contributed by atoms with Gasteiger partial charge in [-0.3, -0.25) is 9.69 Å². The fraction of sp³-hybridized carbons (Fsp3) is 0.367. The molecule has 0 N–H and O–H groups in total. The Kier molecular flexibility index (Phi) is 10.7. The van der Waals surface area contributed by atoms with E-state index in [1.54, 1.807) is 0 Å². The number of alkyl halides is 6. The number of hydrogen-bond donors (Lipinski definition) is 0. The average Bonchev–Trinajstić information content (AvgIpc) is 2.91. The third kappa shape index (κ3) is 8.48. The summed E-state index contributed by atoms with van der Waals surface area (Å²) in [7, 11) is 0. The van der Waals surface area contributed by atoms with Crippen molar-refractivity contribution in [2.45, 2.75) is 44.1 Å². The van der Waals surface area contributed by atoms with Crippen LogP contribution in [0, 0.1) is 0 Å². The summed E-state index contributed by atoms with van der Waals surface area (Å²) in [6.07, 6.45) is -6.72. The summed E-state index contributed by atoms with van der Waals surface area (Å²) in [5.41, 5.74) is -1.39. The van der Waals surface area contributed by atoms with Gasteiger partial charge in [0.15, 0.2) is 0 Å². The Morgan fingerprint density at radius 3 is 1.85 bits per heavy atom. The molecule has 40 heavy (non-hydrogen) atoms. The molecule has 0 aliphatic carbocycles. The van der Waals surface area contributed by atoms with Crippen LogP contribution in [0.25, 0.3) is 0 Å². The van der Waals surface area contributed by atoms with Gasteiger partial charge in [0, 0.05) is 31.2 Å². The minimum Gasteiger partial charge on any atom is -0.333 e. The van der Waals surface area contributed by atoms with Gasteiger partial charge < -0.3 is 4.90 Å².